The van der Waals surface area contributed by atoms with Gasteiger partial charge in [0.25, 0.3) is 0 Å². The first-order valence-electron chi connectivity index (χ1n) is 6.62. The van der Waals surface area contributed by atoms with E-state index in [1.165, 1.54) is 36.6 Å². The highest BCUT2D eigenvalue weighted by atomic mass is 35.5. The highest BCUT2D eigenvalue weighted by molar-refractivity contribution is 6.35. The van der Waals surface area contributed by atoms with Crippen LogP contribution in [0.25, 0.3) is 10.9 Å². The minimum Gasteiger partial charge on any atom is -0.349 e. The third-order valence-electron chi connectivity index (χ3n) is 4.48. The summed E-state index contributed by atoms with van der Waals surface area (Å²) in [6.07, 6.45) is 7.21. The first-order chi connectivity index (χ1) is 8.68. The fourth-order valence-corrected chi connectivity index (χ4v) is 3.78. The lowest BCUT2D eigenvalue weighted by Crippen LogP contribution is -2.31. The molecule has 0 unspecified atom stereocenters. The molecule has 0 saturated heterocycles. The van der Waals surface area contributed by atoms with Crippen LogP contribution in [0.15, 0.2) is 24.4 Å². The van der Waals surface area contributed by atoms with Crippen molar-refractivity contribution in [3.05, 3.63) is 35.0 Å². The average Bonchev–Trinajstić information content (AvgIpc) is 2.96. The molecule has 18 heavy (non-hydrogen) atoms. The van der Waals surface area contributed by atoms with Crippen LogP contribution >= 0.6 is 11.6 Å². The topological polar surface area (TPSA) is 30.9 Å². The van der Waals surface area contributed by atoms with E-state index >= 15 is 0 Å². The summed E-state index contributed by atoms with van der Waals surface area (Å²) in [5.74, 6) is 0. The molecule has 0 spiro atoms. The van der Waals surface area contributed by atoms with Gasteiger partial charge in [-0.25, -0.2) is 0 Å². The van der Waals surface area contributed by atoms with Gasteiger partial charge in [0.1, 0.15) is 0 Å². The predicted molar refractivity (Wildman–Crippen MR) is 77.1 cm³/mol. The van der Waals surface area contributed by atoms with E-state index in [0.717, 1.165) is 17.1 Å². The summed E-state index contributed by atoms with van der Waals surface area (Å²) >= 11 is 6.32. The molecule has 1 aliphatic carbocycles. The number of aromatic nitrogens is 1. The molecule has 0 amide bonds. The van der Waals surface area contributed by atoms with E-state index in [2.05, 4.69) is 23.9 Å². The second kappa shape index (κ2) is 4.29. The molecule has 0 aliphatic heterocycles. The Labute approximate surface area is 113 Å². The smallest absolute Gasteiger partial charge is 0.0670 e. The fourth-order valence-electron chi connectivity index (χ4n) is 3.48. The molecular weight excluding hydrogens is 244 g/mol. The van der Waals surface area contributed by atoms with Crippen LogP contribution in [0, 0.1) is 0 Å². The second-order valence-electron chi connectivity index (χ2n) is 5.48. The highest BCUT2D eigenvalue weighted by Crippen LogP contribution is 2.44. The molecule has 0 bridgehead atoms. The van der Waals surface area contributed by atoms with Crippen LogP contribution in [-0.2, 0) is 12.5 Å². The Hall–Kier alpha value is -0.990. The van der Waals surface area contributed by atoms with E-state index in [-0.39, 0.29) is 5.41 Å². The van der Waals surface area contributed by atoms with E-state index in [4.69, 9.17) is 17.3 Å². The maximum absolute atomic E-state index is 6.32. The van der Waals surface area contributed by atoms with Crippen LogP contribution in [0.1, 0.15) is 31.2 Å². The molecule has 1 saturated carbocycles. The Bertz CT molecular complexity index is 579. The number of nitrogens with two attached hydrogens (primary N) is 1. The number of hydrogen-bond donors (Lipinski definition) is 1. The number of rotatable bonds is 2. The zero-order valence-electron chi connectivity index (χ0n) is 10.7. The van der Waals surface area contributed by atoms with Gasteiger partial charge in [0.05, 0.1) is 10.5 Å². The predicted octanol–water partition coefficient (Wildman–Crippen LogP) is 3.60. The third-order valence-corrected chi connectivity index (χ3v) is 4.78. The van der Waals surface area contributed by atoms with Gasteiger partial charge >= 0.3 is 0 Å². The molecule has 96 valence electrons. The molecular formula is C15H19ClN2. The highest BCUT2D eigenvalue weighted by Gasteiger charge is 2.36. The van der Waals surface area contributed by atoms with Crippen LogP contribution in [-0.4, -0.2) is 11.1 Å². The number of aryl methyl sites for hydroxylation is 1. The Morgan fingerprint density at radius 2 is 2.06 bits per heavy atom. The van der Waals surface area contributed by atoms with Crippen molar-refractivity contribution in [1.82, 2.24) is 4.57 Å². The normalized spacial score (nSPS) is 18.6. The first-order valence-corrected chi connectivity index (χ1v) is 7.00. The van der Waals surface area contributed by atoms with Crippen molar-refractivity contribution in [3.8, 4) is 0 Å². The lowest BCUT2D eigenvalue weighted by Gasteiger charge is -2.27. The second-order valence-corrected chi connectivity index (χ2v) is 5.89. The Morgan fingerprint density at radius 3 is 2.72 bits per heavy atom. The Balaban J connectivity index is 2.27. The molecule has 0 atom stereocenters. The van der Waals surface area contributed by atoms with Gasteiger partial charge in [0.2, 0.25) is 0 Å². The van der Waals surface area contributed by atoms with Gasteiger partial charge in [-0.2, -0.15) is 0 Å². The Kier molecular flexibility index (Phi) is 2.87. The van der Waals surface area contributed by atoms with Crippen LogP contribution < -0.4 is 5.73 Å². The van der Waals surface area contributed by atoms with Crippen molar-refractivity contribution in [3.63, 3.8) is 0 Å². The largest absolute Gasteiger partial charge is 0.349 e. The lowest BCUT2D eigenvalue weighted by molar-refractivity contribution is 0.456. The van der Waals surface area contributed by atoms with Crippen molar-refractivity contribution >= 4 is 22.5 Å². The minimum atomic E-state index is 0.171. The van der Waals surface area contributed by atoms with Gasteiger partial charge in [0, 0.05) is 30.6 Å². The van der Waals surface area contributed by atoms with E-state index in [1.54, 1.807) is 0 Å². The quantitative estimate of drug-likeness (QED) is 0.881. The van der Waals surface area contributed by atoms with Crippen molar-refractivity contribution < 1.29 is 0 Å². The van der Waals surface area contributed by atoms with Gasteiger partial charge in [-0.3, -0.25) is 0 Å². The van der Waals surface area contributed by atoms with E-state index in [1.807, 2.05) is 12.1 Å². The number of fused-ring (bicyclic) bond motifs is 1. The number of nitrogens with zero attached hydrogens (tertiary/aromatic N) is 1. The van der Waals surface area contributed by atoms with Crippen molar-refractivity contribution in [2.75, 3.05) is 6.54 Å². The van der Waals surface area contributed by atoms with Gasteiger partial charge < -0.3 is 10.3 Å². The molecule has 1 fully saturated rings. The molecule has 2 nitrogen and oxygen atoms in total. The maximum atomic E-state index is 6.32. The molecule has 2 aromatic rings. The molecule has 3 rings (SSSR count). The summed E-state index contributed by atoms with van der Waals surface area (Å²) in [5.41, 5.74) is 8.79. The van der Waals surface area contributed by atoms with Gasteiger partial charge in [-0.05, 0) is 24.5 Å². The fraction of sp³-hybridized carbons (Fsp3) is 0.467. The zero-order valence-corrected chi connectivity index (χ0v) is 11.5. The minimum absolute atomic E-state index is 0.171. The third kappa shape index (κ3) is 1.59. The maximum Gasteiger partial charge on any atom is 0.0670 e. The van der Waals surface area contributed by atoms with Crippen LogP contribution in [0.2, 0.25) is 5.02 Å². The van der Waals surface area contributed by atoms with E-state index < -0.39 is 0 Å². The number of para-hydroxylation sites is 1. The van der Waals surface area contributed by atoms with Crippen LogP contribution in [0.5, 0.6) is 0 Å². The molecule has 1 aliphatic rings. The zero-order chi connectivity index (χ0) is 12.8. The van der Waals surface area contributed by atoms with E-state index in [9.17, 15) is 0 Å². The molecule has 2 N–H and O–H groups in total. The molecule has 1 heterocycles. The van der Waals surface area contributed by atoms with E-state index in [0.29, 0.717) is 0 Å². The van der Waals surface area contributed by atoms with Crippen molar-refractivity contribution in [2.45, 2.75) is 31.1 Å². The molecule has 1 aromatic heterocycles. The van der Waals surface area contributed by atoms with Crippen LogP contribution in [0.4, 0.5) is 0 Å². The van der Waals surface area contributed by atoms with Gasteiger partial charge in [0.15, 0.2) is 0 Å². The number of benzene rings is 1. The van der Waals surface area contributed by atoms with Gasteiger partial charge in [-0.1, -0.05) is 36.6 Å². The first kappa shape index (κ1) is 12.1. The average molecular weight is 263 g/mol. The molecule has 3 heteroatoms. The standard InChI is InChI=1S/C15H19ClN2/c1-18-9-12(15(10-17)7-2-3-8-15)11-5-4-6-13(16)14(11)18/h4-6,9H,2-3,7-8,10,17H2,1H3. The monoisotopic (exact) mass is 262 g/mol. The SMILES string of the molecule is Cn1cc(C2(CN)CCCC2)c2cccc(Cl)c21. The lowest BCUT2D eigenvalue weighted by atomic mass is 9.79. The van der Waals surface area contributed by atoms with Crippen LogP contribution in [0.3, 0.4) is 0 Å². The number of halogens is 1. The summed E-state index contributed by atoms with van der Waals surface area (Å²) in [5, 5.41) is 2.10. The summed E-state index contributed by atoms with van der Waals surface area (Å²) in [7, 11) is 2.07. The van der Waals surface area contributed by atoms with Crippen molar-refractivity contribution in [2.24, 2.45) is 12.8 Å². The Morgan fingerprint density at radius 1 is 1.33 bits per heavy atom. The summed E-state index contributed by atoms with van der Waals surface area (Å²) in [6, 6.07) is 6.16. The van der Waals surface area contributed by atoms with Crippen molar-refractivity contribution in [1.29, 1.82) is 0 Å². The molecule has 1 aromatic carbocycles. The number of hydrogen-bond acceptors (Lipinski definition) is 1. The van der Waals surface area contributed by atoms with Gasteiger partial charge in [-0.15, -0.1) is 0 Å². The summed E-state index contributed by atoms with van der Waals surface area (Å²) in [6.45, 7) is 0.735. The summed E-state index contributed by atoms with van der Waals surface area (Å²) in [4.78, 5) is 0. The summed E-state index contributed by atoms with van der Waals surface area (Å²) < 4.78 is 2.14. The molecule has 0 radical (unpaired) electrons.